The van der Waals surface area contributed by atoms with Crippen LogP contribution in [-0.4, -0.2) is 37.2 Å². The van der Waals surface area contributed by atoms with Crippen LogP contribution in [0.15, 0.2) is 48.6 Å². The van der Waals surface area contributed by atoms with Crippen LogP contribution in [-0.2, 0) is 28.6 Å². The van der Waals surface area contributed by atoms with Gasteiger partial charge in [-0.05, 0) is 38.5 Å². The monoisotopic (exact) mass is 883 g/mol. The molecule has 0 aromatic carbocycles. The maximum atomic E-state index is 12.8. The first-order valence-corrected chi connectivity index (χ1v) is 27.2. The number of hydrogen-bond donors (Lipinski definition) is 0. The number of unbranched alkanes of at least 4 members (excludes halogenated alkanes) is 33. The Kier molecular flexibility index (Phi) is 49.8. The van der Waals surface area contributed by atoms with Gasteiger partial charge in [-0.1, -0.05) is 268 Å². The molecule has 63 heavy (non-hydrogen) atoms. The molecule has 0 amide bonds. The minimum atomic E-state index is -0.789. The second kappa shape index (κ2) is 52.0. The zero-order valence-electron chi connectivity index (χ0n) is 41.8. The van der Waals surface area contributed by atoms with E-state index in [9.17, 15) is 14.4 Å². The van der Waals surface area contributed by atoms with Crippen molar-refractivity contribution < 1.29 is 28.6 Å². The van der Waals surface area contributed by atoms with E-state index >= 15 is 0 Å². The zero-order chi connectivity index (χ0) is 45.8. The molecule has 0 aromatic rings. The maximum Gasteiger partial charge on any atom is 0.306 e. The summed E-state index contributed by atoms with van der Waals surface area (Å²) in [5, 5.41) is 0. The Morgan fingerprint density at radius 2 is 0.619 bits per heavy atom. The number of carbonyl (C=O) groups is 3. The Morgan fingerprint density at radius 1 is 0.333 bits per heavy atom. The number of ether oxygens (including phenoxy) is 3. The Morgan fingerprint density at radius 3 is 0.968 bits per heavy atom. The normalized spacial score (nSPS) is 12.4. The summed E-state index contributed by atoms with van der Waals surface area (Å²) in [6.45, 7) is 6.49. The molecular formula is C57H102O6. The molecule has 0 radical (unpaired) electrons. The van der Waals surface area contributed by atoms with Gasteiger partial charge < -0.3 is 14.2 Å². The van der Waals surface area contributed by atoms with Crippen LogP contribution < -0.4 is 0 Å². The van der Waals surface area contributed by atoms with Crippen molar-refractivity contribution in [2.24, 2.45) is 0 Å². The molecule has 0 spiro atoms. The third kappa shape index (κ3) is 50.2. The predicted octanol–water partition coefficient (Wildman–Crippen LogP) is 17.9. The fourth-order valence-electron chi connectivity index (χ4n) is 7.87. The first-order valence-electron chi connectivity index (χ1n) is 27.2. The Labute approximate surface area is 390 Å². The van der Waals surface area contributed by atoms with Crippen LogP contribution in [0.4, 0.5) is 0 Å². The molecule has 0 aromatic heterocycles. The number of esters is 3. The van der Waals surface area contributed by atoms with Gasteiger partial charge in [0.05, 0.1) is 0 Å². The van der Waals surface area contributed by atoms with Crippen LogP contribution >= 0.6 is 0 Å². The highest BCUT2D eigenvalue weighted by Gasteiger charge is 2.19. The predicted molar refractivity (Wildman–Crippen MR) is 270 cm³/mol. The van der Waals surface area contributed by atoms with Crippen LogP contribution in [0.3, 0.4) is 0 Å². The van der Waals surface area contributed by atoms with Crippen molar-refractivity contribution in [1.29, 1.82) is 0 Å². The molecule has 0 heterocycles. The molecule has 366 valence electrons. The van der Waals surface area contributed by atoms with E-state index in [4.69, 9.17) is 14.2 Å². The summed E-state index contributed by atoms with van der Waals surface area (Å²) in [5.74, 6) is -0.912. The zero-order valence-corrected chi connectivity index (χ0v) is 41.8. The molecule has 0 fully saturated rings. The molecule has 6 nitrogen and oxygen atoms in total. The summed E-state index contributed by atoms with van der Waals surface area (Å²) in [6, 6.07) is 0. The van der Waals surface area contributed by atoms with Gasteiger partial charge in [-0.2, -0.15) is 0 Å². The highest BCUT2D eigenvalue weighted by molar-refractivity contribution is 5.71. The Bertz CT molecular complexity index is 1110. The molecule has 0 aliphatic heterocycles. The Balaban J connectivity index is 4.33. The van der Waals surface area contributed by atoms with Gasteiger partial charge in [-0.3, -0.25) is 14.4 Å². The summed E-state index contributed by atoms with van der Waals surface area (Å²) in [4.78, 5) is 38.0. The summed E-state index contributed by atoms with van der Waals surface area (Å²) in [5.41, 5.74) is 0. The van der Waals surface area contributed by atoms with Gasteiger partial charge in [0.15, 0.2) is 6.10 Å². The smallest absolute Gasteiger partial charge is 0.306 e. The lowest BCUT2D eigenvalue weighted by molar-refractivity contribution is -0.167. The minimum Gasteiger partial charge on any atom is -0.462 e. The van der Waals surface area contributed by atoms with E-state index in [-0.39, 0.29) is 37.5 Å². The fourth-order valence-corrected chi connectivity index (χ4v) is 7.87. The van der Waals surface area contributed by atoms with Crippen LogP contribution in [0, 0.1) is 0 Å². The molecule has 0 aliphatic rings. The van der Waals surface area contributed by atoms with Crippen LogP contribution in [0.5, 0.6) is 0 Å². The number of hydrogen-bond acceptors (Lipinski definition) is 6. The highest BCUT2D eigenvalue weighted by atomic mass is 16.6. The minimum absolute atomic E-state index is 0.0852. The average Bonchev–Trinajstić information content (AvgIpc) is 3.28. The van der Waals surface area contributed by atoms with Crippen molar-refractivity contribution in [3.63, 3.8) is 0 Å². The van der Waals surface area contributed by atoms with Crippen LogP contribution in [0.1, 0.15) is 278 Å². The highest BCUT2D eigenvalue weighted by Crippen LogP contribution is 2.17. The number of allylic oxidation sites excluding steroid dienone is 8. The van der Waals surface area contributed by atoms with Crippen molar-refractivity contribution in [2.75, 3.05) is 13.2 Å². The van der Waals surface area contributed by atoms with Gasteiger partial charge in [0.1, 0.15) is 13.2 Å². The topological polar surface area (TPSA) is 78.9 Å². The van der Waals surface area contributed by atoms with E-state index in [0.29, 0.717) is 12.8 Å². The molecule has 6 heteroatoms. The molecular weight excluding hydrogens is 781 g/mol. The van der Waals surface area contributed by atoms with E-state index in [1.54, 1.807) is 0 Å². The second-order valence-corrected chi connectivity index (χ2v) is 18.2. The molecule has 0 aliphatic carbocycles. The lowest BCUT2D eigenvalue weighted by Crippen LogP contribution is -2.30. The van der Waals surface area contributed by atoms with Gasteiger partial charge in [-0.25, -0.2) is 0 Å². The van der Waals surface area contributed by atoms with Gasteiger partial charge in [0.25, 0.3) is 0 Å². The van der Waals surface area contributed by atoms with E-state index in [1.165, 1.54) is 167 Å². The standard InChI is InChI=1S/C57H102O6/c1-4-7-10-13-16-19-22-25-26-27-28-29-30-33-35-38-41-44-47-50-56(59)62-53-54(63-57(60)51-48-45-42-39-36-32-24-21-18-15-12-9-6-3)52-61-55(58)49-46-43-40-37-34-31-23-20-17-14-11-8-5-2/h9,12,15,18,21,24,32,36,54H,4-8,10-11,13-14,16-17,19-20,22-23,25-31,33-35,37-53H2,1-3H3/b12-9-,18-15-,24-21-,36-32-. The molecule has 0 bridgehead atoms. The molecule has 0 saturated carbocycles. The van der Waals surface area contributed by atoms with E-state index in [1.807, 2.05) is 30.4 Å². The Hall–Kier alpha value is -2.63. The van der Waals surface area contributed by atoms with Gasteiger partial charge >= 0.3 is 17.9 Å². The maximum absolute atomic E-state index is 12.8. The van der Waals surface area contributed by atoms with E-state index < -0.39 is 6.10 Å². The first kappa shape index (κ1) is 60.4. The molecule has 0 rings (SSSR count). The lowest BCUT2D eigenvalue weighted by atomic mass is 10.0. The number of rotatable bonds is 49. The number of carbonyl (C=O) groups excluding carboxylic acids is 3. The third-order valence-corrected chi connectivity index (χ3v) is 11.9. The van der Waals surface area contributed by atoms with Crippen molar-refractivity contribution in [1.82, 2.24) is 0 Å². The summed E-state index contributed by atoms with van der Waals surface area (Å²) < 4.78 is 16.8. The van der Waals surface area contributed by atoms with Crippen LogP contribution in [0.2, 0.25) is 0 Å². The molecule has 1 unspecified atom stereocenters. The van der Waals surface area contributed by atoms with Crippen LogP contribution in [0.25, 0.3) is 0 Å². The van der Waals surface area contributed by atoms with Gasteiger partial charge in [0, 0.05) is 19.3 Å². The van der Waals surface area contributed by atoms with Crippen molar-refractivity contribution >= 4 is 17.9 Å². The second-order valence-electron chi connectivity index (χ2n) is 18.2. The summed E-state index contributed by atoms with van der Waals surface area (Å²) in [6.07, 6.45) is 62.5. The van der Waals surface area contributed by atoms with Gasteiger partial charge in [-0.15, -0.1) is 0 Å². The molecule has 0 N–H and O–H groups in total. The molecule has 1 atom stereocenters. The lowest BCUT2D eigenvalue weighted by Gasteiger charge is -2.18. The quantitative estimate of drug-likeness (QED) is 0.0262. The summed E-state index contributed by atoms with van der Waals surface area (Å²) in [7, 11) is 0. The van der Waals surface area contributed by atoms with Crippen molar-refractivity contribution in [2.45, 2.75) is 284 Å². The third-order valence-electron chi connectivity index (χ3n) is 11.9. The van der Waals surface area contributed by atoms with Gasteiger partial charge in [0.2, 0.25) is 0 Å². The average molecular weight is 883 g/mol. The van der Waals surface area contributed by atoms with E-state index in [2.05, 4.69) is 39.0 Å². The summed E-state index contributed by atoms with van der Waals surface area (Å²) >= 11 is 0. The molecule has 0 saturated heterocycles. The van der Waals surface area contributed by atoms with Crippen molar-refractivity contribution in [3.05, 3.63) is 48.6 Å². The SMILES string of the molecule is CC\C=C/C=C\C=C/C=C\CCCCCC(=O)OC(COC(=O)CCCCCCCCCCCCCCC)COC(=O)CCCCCCCCCCCCCCCCCCCCC. The fraction of sp³-hybridized carbons (Fsp3) is 0.807. The largest absolute Gasteiger partial charge is 0.462 e. The van der Waals surface area contributed by atoms with E-state index in [0.717, 1.165) is 70.6 Å². The van der Waals surface area contributed by atoms with Crippen molar-refractivity contribution in [3.8, 4) is 0 Å². The first-order chi connectivity index (χ1) is 31.0.